The van der Waals surface area contributed by atoms with Crippen LogP contribution in [0.15, 0.2) is 29.2 Å². The summed E-state index contributed by atoms with van der Waals surface area (Å²) in [5.41, 5.74) is 0.660. The third-order valence-electron chi connectivity index (χ3n) is 3.13. The van der Waals surface area contributed by atoms with Gasteiger partial charge >= 0.3 is 0 Å². The SMILES string of the molecule is CCCNS(=O)(=O)c1ccccc1NC(C)CCN(C)C. The lowest BCUT2D eigenvalue weighted by Gasteiger charge is -2.20. The lowest BCUT2D eigenvalue weighted by molar-refractivity contribution is 0.390. The maximum absolute atomic E-state index is 12.3. The highest BCUT2D eigenvalue weighted by Crippen LogP contribution is 2.21. The molecule has 1 unspecified atom stereocenters. The first-order valence-electron chi connectivity index (χ1n) is 7.36. The summed E-state index contributed by atoms with van der Waals surface area (Å²) in [4.78, 5) is 2.43. The Bertz CT molecular complexity index is 529. The van der Waals surface area contributed by atoms with E-state index in [0.29, 0.717) is 17.1 Å². The van der Waals surface area contributed by atoms with Crippen LogP contribution in [0.5, 0.6) is 0 Å². The molecular weight excluding hydrogens is 286 g/mol. The molecule has 1 aromatic rings. The van der Waals surface area contributed by atoms with Crippen molar-refractivity contribution in [2.24, 2.45) is 0 Å². The van der Waals surface area contributed by atoms with Crippen LogP contribution in [0, 0.1) is 0 Å². The fraction of sp³-hybridized carbons (Fsp3) is 0.600. The van der Waals surface area contributed by atoms with E-state index in [4.69, 9.17) is 0 Å². The van der Waals surface area contributed by atoms with Gasteiger partial charge in [-0.05, 0) is 52.5 Å². The number of benzene rings is 1. The smallest absolute Gasteiger partial charge is 0.242 e. The predicted octanol–water partition coefficient (Wildman–Crippen LogP) is 2.13. The molecule has 5 nitrogen and oxygen atoms in total. The molecule has 0 heterocycles. The normalized spacial score (nSPS) is 13.4. The van der Waals surface area contributed by atoms with E-state index in [9.17, 15) is 8.42 Å². The molecule has 0 fully saturated rings. The Labute approximate surface area is 128 Å². The molecule has 6 heteroatoms. The molecule has 0 radical (unpaired) electrons. The largest absolute Gasteiger partial charge is 0.381 e. The molecule has 0 aliphatic rings. The van der Waals surface area contributed by atoms with Gasteiger partial charge in [0.25, 0.3) is 0 Å². The predicted molar refractivity (Wildman–Crippen MR) is 88.2 cm³/mol. The summed E-state index contributed by atoms with van der Waals surface area (Å²) in [5.74, 6) is 0. The van der Waals surface area contributed by atoms with Gasteiger partial charge < -0.3 is 10.2 Å². The minimum Gasteiger partial charge on any atom is -0.381 e. The zero-order chi connectivity index (χ0) is 15.9. The third kappa shape index (κ3) is 6.03. The Kier molecular flexibility index (Phi) is 7.14. The van der Waals surface area contributed by atoms with Crippen LogP contribution in [-0.4, -0.2) is 46.5 Å². The van der Waals surface area contributed by atoms with Crippen LogP contribution in [0.2, 0.25) is 0 Å². The van der Waals surface area contributed by atoms with Crippen molar-refractivity contribution in [3.05, 3.63) is 24.3 Å². The molecule has 120 valence electrons. The second kappa shape index (κ2) is 8.36. The topological polar surface area (TPSA) is 61.4 Å². The zero-order valence-corrected chi connectivity index (χ0v) is 14.2. The number of sulfonamides is 1. The second-order valence-corrected chi connectivity index (χ2v) is 7.27. The van der Waals surface area contributed by atoms with Crippen molar-refractivity contribution in [1.29, 1.82) is 0 Å². The standard InChI is InChI=1S/C15H27N3O2S/c1-5-11-16-21(19,20)15-9-7-6-8-14(15)17-13(2)10-12-18(3)4/h6-9,13,16-17H,5,10-12H2,1-4H3. The third-order valence-corrected chi connectivity index (χ3v) is 4.65. The van der Waals surface area contributed by atoms with E-state index >= 15 is 0 Å². The summed E-state index contributed by atoms with van der Waals surface area (Å²) in [7, 11) is 0.602. The number of hydrogen-bond acceptors (Lipinski definition) is 4. The quantitative estimate of drug-likeness (QED) is 0.733. The van der Waals surface area contributed by atoms with Gasteiger partial charge in [-0.2, -0.15) is 0 Å². The summed E-state index contributed by atoms with van der Waals surface area (Å²) in [5, 5.41) is 3.30. The van der Waals surface area contributed by atoms with Gasteiger partial charge in [-0.1, -0.05) is 19.1 Å². The Morgan fingerprint density at radius 2 is 1.90 bits per heavy atom. The molecule has 1 rings (SSSR count). The highest BCUT2D eigenvalue weighted by atomic mass is 32.2. The lowest BCUT2D eigenvalue weighted by atomic mass is 10.2. The molecular formula is C15H27N3O2S. The van der Waals surface area contributed by atoms with Crippen LogP contribution in [-0.2, 0) is 10.0 Å². The minimum absolute atomic E-state index is 0.204. The van der Waals surface area contributed by atoms with Gasteiger partial charge in [0, 0.05) is 12.6 Å². The summed E-state index contributed by atoms with van der Waals surface area (Å²) in [6.45, 7) is 5.41. The van der Waals surface area contributed by atoms with Crippen LogP contribution in [0.25, 0.3) is 0 Å². The van der Waals surface area contributed by atoms with Crippen LogP contribution < -0.4 is 10.0 Å². The molecule has 0 spiro atoms. The van der Waals surface area contributed by atoms with Gasteiger partial charge in [0.2, 0.25) is 10.0 Å². The fourth-order valence-electron chi connectivity index (χ4n) is 1.92. The number of nitrogens with zero attached hydrogens (tertiary/aromatic N) is 1. The van der Waals surface area contributed by atoms with Crippen molar-refractivity contribution in [1.82, 2.24) is 9.62 Å². The van der Waals surface area contributed by atoms with Gasteiger partial charge in [-0.15, -0.1) is 0 Å². The highest BCUT2D eigenvalue weighted by Gasteiger charge is 2.18. The van der Waals surface area contributed by atoms with E-state index in [0.717, 1.165) is 19.4 Å². The van der Waals surface area contributed by atoms with E-state index < -0.39 is 10.0 Å². The van der Waals surface area contributed by atoms with Crippen molar-refractivity contribution < 1.29 is 8.42 Å². The molecule has 0 saturated heterocycles. The maximum atomic E-state index is 12.3. The first kappa shape index (κ1) is 17.9. The Morgan fingerprint density at radius 3 is 2.52 bits per heavy atom. The average Bonchev–Trinajstić information content (AvgIpc) is 2.43. The molecule has 1 atom stereocenters. The molecule has 0 aliphatic carbocycles. The van der Waals surface area contributed by atoms with Crippen molar-refractivity contribution in [2.45, 2.75) is 37.6 Å². The summed E-state index contributed by atoms with van der Waals surface area (Å²) in [6, 6.07) is 7.25. The van der Waals surface area contributed by atoms with Crippen molar-refractivity contribution in [3.63, 3.8) is 0 Å². The van der Waals surface area contributed by atoms with Crippen LogP contribution in [0.1, 0.15) is 26.7 Å². The number of nitrogens with one attached hydrogen (secondary N) is 2. The van der Waals surface area contributed by atoms with Gasteiger partial charge in [0.1, 0.15) is 4.90 Å². The first-order valence-corrected chi connectivity index (χ1v) is 8.85. The minimum atomic E-state index is -3.45. The summed E-state index contributed by atoms with van der Waals surface area (Å²) < 4.78 is 27.2. The number of para-hydroxylation sites is 1. The number of anilines is 1. The Morgan fingerprint density at radius 1 is 1.24 bits per heavy atom. The molecule has 0 aromatic heterocycles. The number of rotatable bonds is 9. The molecule has 0 aliphatic heterocycles. The maximum Gasteiger partial charge on any atom is 0.242 e. The van der Waals surface area contributed by atoms with E-state index in [1.54, 1.807) is 12.1 Å². The molecule has 0 saturated carbocycles. The monoisotopic (exact) mass is 313 g/mol. The summed E-state index contributed by atoms with van der Waals surface area (Å²) >= 11 is 0. The van der Waals surface area contributed by atoms with E-state index in [2.05, 4.69) is 21.9 Å². The highest BCUT2D eigenvalue weighted by molar-refractivity contribution is 7.89. The van der Waals surface area contributed by atoms with E-state index in [1.165, 1.54) is 0 Å². The first-order chi connectivity index (χ1) is 9.86. The average molecular weight is 313 g/mol. The van der Waals surface area contributed by atoms with Gasteiger partial charge in [0.05, 0.1) is 5.69 Å². The Hall–Kier alpha value is -1.11. The molecule has 21 heavy (non-hydrogen) atoms. The zero-order valence-electron chi connectivity index (χ0n) is 13.4. The van der Waals surface area contributed by atoms with Gasteiger partial charge in [-0.25, -0.2) is 13.1 Å². The van der Waals surface area contributed by atoms with Gasteiger partial charge in [0.15, 0.2) is 0 Å². The lowest BCUT2D eigenvalue weighted by Crippen LogP contribution is -2.27. The summed E-state index contributed by atoms with van der Waals surface area (Å²) in [6.07, 6.45) is 1.72. The number of hydrogen-bond donors (Lipinski definition) is 2. The van der Waals surface area contributed by atoms with Crippen LogP contribution in [0.4, 0.5) is 5.69 Å². The van der Waals surface area contributed by atoms with Crippen LogP contribution >= 0.6 is 0 Å². The molecule has 0 amide bonds. The van der Waals surface area contributed by atoms with Gasteiger partial charge in [-0.3, -0.25) is 0 Å². The van der Waals surface area contributed by atoms with Crippen molar-refractivity contribution in [2.75, 3.05) is 32.5 Å². The second-order valence-electron chi connectivity index (χ2n) is 5.53. The molecule has 2 N–H and O–H groups in total. The molecule has 1 aromatic carbocycles. The van der Waals surface area contributed by atoms with E-state index in [-0.39, 0.29) is 6.04 Å². The Balaban J connectivity index is 2.84. The van der Waals surface area contributed by atoms with E-state index in [1.807, 2.05) is 33.2 Å². The van der Waals surface area contributed by atoms with Crippen LogP contribution in [0.3, 0.4) is 0 Å². The fourth-order valence-corrected chi connectivity index (χ4v) is 3.23. The molecule has 0 bridgehead atoms. The van der Waals surface area contributed by atoms with Crippen molar-refractivity contribution >= 4 is 15.7 Å². The van der Waals surface area contributed by atoms with Crippen molar-refractivity contribution in [3.8, 4) is 0 Å².